The Morgan fingerprint density at radius 3 is 2.71 bits per heavy atom. The molecule has 0 aliphatic carbocycles. The van der Waals surface area contributed by atoms with E-state index in [1.54, 1.807) is 29.2 Å². The molecule has 2 aromatic heterocycles. The van der Waals surface area contributed by atoms with Gasteiger partial charge in [0.15, 0.2) is 5.76 Å². The van der Waals surface area contributed by atoms with Crippen molar-refractivity contribution in [3.8, 4) is 0 Å². The molecule has 3 rings (SSSR count). The van der Waals surface area contributed by atoms with Crippen LogP contribution in [0.4, 0.5) is 0 Å². The molecule has 21 heavy (non-hydrogen) atoms. The normalized spacial score (nSPS) is 15.1. The van der Waals surface area contributed by atoms with Crippen LogP contribution in [0, 0.1) is 0 Å². The van der Waals surface area contributed by atoms with Crippen molar-refractivity contribution < 1.29 is 18.8 Å². The van der Waals surface area contributed by atoms with E-state index in [0.29, 0.717) is 12.3 Å². The Bertz CT molecular complexity index is 673. The predicted molar refractivity (Wildman–Crippen MR) is 69.1 cm³/mol. The SMILES string of the molecule is O=C1CN(C(=O)c2ccc(Cn3cccn3)o2)CC(=O)N1. The minimum Gasteiger partial charge on any atom is -0.454 e. The van der Waals surface area contributed by atoms with Gasteiger partial charge >= 0.3 is 0 Å². The maximum Gasteiger partial charge on any atom is 0.290 e. The van der Waals surface area contributed by atoms with Gasteiger partial charge in [0.25, 0.3) is 5.91 Å². The number of carbonyl (C=O) groups is 3. The third kappa shape index (κ3) is 2.83. The van der Waals surface area contributed by atoms with Crippen molar-refractivity contribution in [2.75, 3.05) is 13.1 Å². The molecule has 2 aromatic rings. The van der Waals surface area contributed by atoms with Crippen LogP contribution in [-0.2, 0) is 16.1 Å². The molecule has 8 heteroatoms. The van der Waals surface area contributed by atoms with Gasteiger partial charge in [-0.1, -0.05) is 0 Å². The standard InChI is InChI=1S/C13H12N4O4/c18-11-7-16(8-12(19)15-11)13(20)10-3-2-9(21-10)6-17-5-1-4-14-17/h1-5H,6-8H2,(H,15,18,19). The summed E-state index contributed by atoms with van der Waals surface area (Å²) < 4.78 is 7.11. The number of piperazine rings is 1. The van der Waals surface area contributed by atoms with Crippen molar-refractivity contribution in [1.29, 1.82) is 0 Å². The quantitative estimate of drug-likeness (QED) is 0.777. The number of rotatable bonds is 3. The van der Waals surface area contributed by atoms with Crippen LogP contribution in [-0.4, -0.2) is 45.5 Å². The van der Waals surface area contributed by atoms with E-state index in [1.165, 1.54) is 6.07 Å². The zero-order valence-corrected chi connectivity index (χ0v) is 11.0. The van der Waals surface area contributed by atoms with E-state index in [2.05, 4.69) is 10.4 Å². The molecule has 1 N–H and O–H groups in total. The smallest absolute Gasteiger partial charge is 0.290 e. The number of nitrogens with one attached hydrogen (secondary N) is 1. The van der Waals surface area contributed by atoms with Gasteiger partial charge in [-0.25, -0.2) is 0 Å². The lowest BCUT2D eigenvalue weighted by Gasteiger charge is -2.24. The van der Waals surface area contributed by atoms with Crippen LogP contribution in [0.3, 0.4) is 0 Å². The summed E-state index contributed by atoms with van der Waals surface area (Å²) in [5.74, 6) is -0.815. The second-order valence-electron chi connectivity index (χ2n) is 4.60. The molecule has 1 aliphatic heterocycles. The first kappa shape index (κ1) is 13.1. The summed E-state index contributed by atoms with van der Waals surface area (Å²) in [6.07, 6.45) is 3.42. The van der Waals surface area contributed by atoms with Gasteiger partial charge in [0.05, 0.1) is 6.54 Å². The van der Waals surface area contributed by atoms with Crippen LogP contribution >= 0.6 is 0 Å². The monoisotopic (exact) mass is 288 g/mol. The summed E-state index contributed by atoms with van der Waals surface area (Å²) >= 11 is 0. The number of carbonyl (C=O) groups excluding carboxylic acids is 3. The topological polar surface area (TPSA) is 97.4 Å². The van der Waals surface area contributed by atoms with E-state index in [4.69, 9.17) is 4.42 Å². The van der Waals surface area contributed by atoms with Crippen molar-refractivity contribution in [2.24, 2.45) is 0 Å². The van der Waals surface area contributed by atoms with Gasteiger partial charge in [0, 0.05) is 12.4 Å². The molecule has 8 nitrogen and oxygen atoms in total. The number of amides is 3. The van der Waals surface area contributed by atoms with Crippen molar-refractivity contribution in [3.05, 3.63) is 42.1 Å². The van der Waals surface area contributed by atoms with Gasteiger partial charge in [-0.3, -0.25) is 24.4 Å². The molecule has 0 atom stereocenters. The van der Waals surface area contributed by atoms with Gasteiger partial charge in [-0.15, -0.1) is 0 Å². The van der Waals surface area contributed by atoms with Gasteiger partial charge in [0.2, 0.25) is 11.8 Å². The van der Waals surface area contributed by atoms with Crippen molar-refractivity contribution >= 4 is 17.7 Å². The van der Waals surface area contributed by atoms with E-state index < -0.39 is 17.7 Å². The highest BCUT2D eigenvalue weighted by atomic mass is 16.4. The number of furan rings is 1. The average Bonchev–Trinajstić information content (AvgIpc) is 3.09. The summed E-state index contributed by atoms with van der Waals surface area (Å²) in [5.41, 5.74) is 0. The van der Waals surface area contributed by atoms with E-state index in [1.807, 2.05) is 0 Å². The first-order chi connectivity index (χ1) is 10.1. The zero-order chi connectivity index (χ0) is 14.8. The summed E-state index contributed by atoms with van der Waals surface area (Å²) in [7, 11) is 0. The Morgan fingerprint density at radius 2 is 2.05 bits per heavy atom. The predicted octanol–water partition coefficient (Wildman–Crippen LogP) is -0.377. The lowest BCUT2D eigenvalue weighted by molar-refractivity contribution is -0.135. The molecule has 0 radical (unpaired) electrons. The second-order valence-corrected chi connectivity index (χ2v) is 4.60. The first-order valence-corrected chi connectivity index (χ1v) is 6.30. The summed E-state index contributed by atoms with van der Waals surface area (Å²) in [4.78, 5) is 35.9. The largest absolute Gasteiger partial charge is 0.454 e. The van der Waals surface area contributed by atoms with Crippen molar-refractivity contribution in [1.82, 2.24) is 20.0 Å². The van der Waals surface area contributed by atoms with Crippen LogP contribution in [0.5, 0.6) is 0 Å². The number of imide groups is 1. The molecule has 1 aliphatic rings. The van der Waals surface area contributed by atoms with E-state index in [0.717, 1.165) is 4.90 Å². The number of hydrogen-bond donors (Lipinski definition) is 1. The molecule has 3 heterocycles. The molecule has 0 unspecified atom stereocenters. The first-order valence-electron chi connectivity index (χ1n) is 6.30. The Morgan fingerprint density at radius 1 is 1.29 bits per heavy atom. The lowest BCUT2D eigenvalue weighted by Crippen LogP contribution is -2.53. The molecule has 3 amide bonds. The second kappa shape index (κ2) is 5.23. The van der Waals surface area contributed by atoms with Crippen molar-refractivity contribution in [2.45, 2.75) is 6.54 Å². The average molecular weight is 288 g/mol. The third-order valence-electron chi connectivity index (χ3n) is 2.98. The zero-order valence-electron chi connectivity index (χ0n) is 11.0. The Labute approximate surface area is 119 Å². The highest BCUT2D eigenvalue weighted by Crippen LogP contribution is 2.12. The summed E-state index contributed by atoms with van der Waals surface area (Å²) in [5, 5.41) is 6.18. The van der Waals surface area contributed by atoms with E-state index in [-0.39, 0.29) is 18.8 Å². The van der Waals surface area contributed by atoms with E-state index >= 15 is 0 Å². The van der Waals surface area contributed by atoms with Crippen LogP contribution in [0.15, 0.2) is 35.0 Å². The van der Waals surface area contributed by atoms with Crippen LogP contribution in [0.1, 0.15) is 16.3 Å². The molecule has 1 fully saturated rings. The minimum absolute atomic E-state index is 0.0969. The molecule has 0 saturated carbocycles. The van der Waals surface area contributed by atoms with Gasteiger partial charge < -0.3 is 9.32 Å². The lowest BCUT2D eigenvalue weighted by atomic mass is 10.3. The highest BCUT2D eigenvalue weighted by molar-refractivity contribution is 6.04. The number of aromatic nitrogens is 2. The Hall–Kier alpha value is -2.90. The maximum absolute atomic E-state index is 12.2. The van der Waals surface area contributed by atoms with Gasteiger partial charge in [-0.05, 0) is 18.2 Å². The number of nitrogens with zero attached hydrogens (tertiary/aromatic N) is 3. The molecule has 1 saturated heterocycles. The summed E-state index contributed by atoms with van der Waals surface area (Å²) in [6, 6.07) is 4.98. The number of hydrogen-bond acceptors (Lipinski definition) is 5. The molecule has 108 valence electrons. The van der Waals surface area contributed by atoms with Crippen molar-refractivity contribution in [3.63, 3.8) is 0 Å². The molecule has 0 bridgehead atoms. The fourth-order valence-corrected chi connectivity index (χ4v) is 2.07. The summed E-state index contributed by atoms with van der Waals surface area (Å²) in [6.45, 7) is 0.0965. The fraction of sp³-hybridized carbons (Fsp3) is 0.231. The minimum atomic E-state index is -0.497. The Kier molecular flexibility index (Phi) is 3.27. The van der Waals surface area contributed by atoms with Crippen LogP contribution in [0.25, 0.3) is 0 Å². The molecule has 0 spiro atoms. The van der Waals surface area contributed by atoms with Gasteiger partial charge in [-0.2, -0.15) is 5.10 Å². The third-order valence-corrected chi connectivity index (χ3v) is 2.98. The van der Waals surface area contributed by atoms with E-state index in [9.17, 15) is 14.4 Å². The van der Waals surface area contributed by atoms with Gasteiger partial charge in [0.1, 0.15) is 18.8 Å². The highest BCUT2D eigenvalue weighted by Gasteiger charge is 2.28. The maximum atomic E-state index is 12.2. The molecular formula is C13H12N4O4. The molecule has 0 aromatic carbocycles. The van der Waals surface area contributed by atoms with Crippen LogP contribution in [0.2, 0.25) is 0 Å². The van der Waals surface area contributed by atoms with Crippen LogP contribution < -0.4 is 5.32 Å². The Balaban J connectivity index is 1.72. The molecular weight excluding hydrogens is 276 g/mol. The fourth-order valence-electron chi connectivity index (χ4n) is 2.07.